The average molecular weight is 1400 g/mol. The van der Waals surface area contributed by atoms with Gasteiger partial charge >= 0.3 is 50.5 Å². The minimum atomic E-state index is -0.520. The number of aromatic amines is 2. The van der Waals surface area contributed by atoms with Gasteiger partial charge in [-0.1, -0.05) is 39.8 Å². The number of hydrogen-bond donors (Lipinski definition) is 3. The molecular weight excluding hydrogens is 1330 g/mol. The molecule has 7 rings (SSSR count). The molecule has 17 nitrogen and oxygen atoms in total. The molecule has 2 aliphatic rings. The van der Waals surface area contributed by atoms with Crippen molar-refractivity contribution in [3.05, 3.63) is 85.4 Å². The van der Waals surface area contributed by atoms with Crippen LogP contribution in [0.25, 0.3) is 28.3 Å². The molecule has 0 saturated carbocycles. The van der Waals surface area contributed by atoms with E-state index in [1.54, 1.807) is 11.4 Å². The number of halogens is 4. The van der Waals surface area contributed by atoms with E-state index in [1.165, 1.54) is 5.56 Å². The van der Waals surface area contributed by atoms with Crippen molar-refractivity contribution in [2.45, 2.75) is 100 Å². The molecule has 382 valence electrons. The Bertz CT molecular complexity index is 2490. The normalized spacial score (nSPS) is 15.1. The molecule has 5 aromatic rings. The second-order valence-electron chi connectivity index (χ2n) is 16.9. The third-order valence-corrected chi connectivity index (χ3v) is 12.0. The van der Waals surface area contributed by atoms with Crippen LogP contribution in [-0.2, 0) is 24.3 Å². The van der Waals surface area contributed by atoms with E-state index in [1.807, 2.05) is 45.9 Å². The Kier molecular flexibility index (Phi) is 26.0. The maximum absolute atomic E-state index is 12.9. The number of carbonyl (C=O) groups is 1. The summed E-state index contributed by atoms with van der Waals surface area (Å²) in [6.07, 6.45) is 2.86. The molecule has 2 fully saturated rings. The summed E-state index contributed by atoms with van der Waals surface area (Å²) in [6.45, 7) is 29.4. The van der Waals surface area contributed by atoms with Crippen molar-refractivity contribution < 1.29 is 27.5 Å². The number of imidazole rings is 1. The number of benzene rings is 2. The van der Waals surface area contributed by atoms with Crippen LogP contribution in [0.5, 0.6) is 11.5 Å². The molecule has 5 heterocycles. The van der Waals surface area contributed by atoms with Gasteiger partial charge in [0.25, 0.3) is 11.1 Å². The average Bonchev–Trinajstić information content (AvgIpc) is 3.65. The first-order valence-electron chi connectivity index (χ1n) is 23.9. The van der Waals surface area contributed by atoms with Crippen molar-refractivity contribution in [2.24, 2.45) is 0 Å². The zero-order chi connectivity index (χ0) is 49.2. The second-order valence-corrected chi connectivity index (χ2v) is 33.1. The Labute approximate surface area is 454 Å². The fraction of sp³-hybridized carbons (Fsp3) is 0.562. The number of nitrogens with zero attached hydrogens (tertiary/aromatic N) is 9. The van der Waals surface area contributed by atoms with E-state index in [2.05, 4.69) is 126 Å². The van der Waals surface area contributed by atoms with Crippen LogP contribution in [0.15, 0.2) is 46.0 Å². The fourth-order valence-electron chi connectivity index (χ4n) is 8.43. The van der Waals surface area contributed by atoms with Crippen molar-refractivity contribution in [1.29, 1.82) is 0 Å². The van der Waals surface area contributed by atoms with Crippen LogP contribution < -0.4 is 39.2 Å². The molecule has 2 aliphatic heterocycles. The number of carbonyl (C=O) groups excluding carboxylic acids is 1. The predicted octanol–water partition coefficient (Wildman–Crippen LogP) is 4.62. The molecule has 1 unspecified atom stereocenters. The summed E-state index contributed by atoms with van der Waals surface area (Å²) in [4.78, 5) is 57.8. The van der Waals surface area contributed by atoms with Gasteiger partial charge in [0.05, 0.1) is 36.1 Å². The van der Waals surface area contributed by atoms with E-state index in [4.69, 9.17) is 14.6 Å². The predicted molar refractivity (Wildman–Crippen MR) is 298 cm³/mol. The van der Waals surface area contributed by atoms with Crippen LogP contribution in [-0.4, -0.2) is 139 Å². The monoisotopic (exact) mass is 1400 g/mol. The Morgan fingerprint density at radius 3 is 1.70 bits per heavy atom. The molecule has 0 spiro atoms. The minimum absolute atomic E-state index is 0. The summed E-state index contributed by atoms with van der Waals surface area (Å²) in [7, 11) is 0. The molecule has 2 saturated heterocycles. The molecule has 0 radical (unpaired) electrons. The van der Waals surface area contributed by atoms with Crippen molar-refractivity contribution in [3.63, 3.8) is 0 Å². The van der Waals surface area contributed by atoms with E-state index in [9.17, 15) is 14.4 Å². The van der Waals surface area contributed by atoms with Gasteiger partial charge in [0.15, 0.2) is 22.9 Å². The van der Waals surface area contributed by atoms with Gasteiger partial charge in [-0.3, -0.25) is 24.2 Å². The van der Waals surface area contributed by atoms with E-state index in [0.29, 0.717) is 67.1 Å². The number of aromatic nitrogens is 7. The van der Waals surface area contributed by atoms with Crippen molar-refractivity contribution in [2.75, 3.05) is 78.7 Å². The van der Waals surface area contributed by atoms with Gasteiger partial charge < -0.3 is 34.6 Å². The Morgan fingerprint density at radius 1 is 0.739 bits per heavy atom. The Balaban J connectivity index is 0.000000281. The third kappa shape index (κ3) is 17.0. The molecular formula is C48H71I4N12O5-. The molecule has 21 heteroatoms. The SMILES string of the molecule is CCCC(=O)NC(C)c1nnc(-c2cc(CN3CCN(CC)CC3)ccc2OCC)[nH]c1=O.CCCc1nc(C)c2c(=O)[nH]c(-c3cc(CN4CCN(CC)CC4)ccc3OCC)nn12.I.I[I-]I. The summed E-state index contributed by atoms with van der Waals surface area (Å²) in [5.41, 5.74) is 4.70. The van der Waals surface area contributed by atoms with Crippen molar-refractivity contribution >= 4 is 72.6 Å². The van der Waals surface area contributed by atoms with Gasteiger partial charge in [-0.2, -0.15) is 0 Å². The molecule has 0 aliphatic carbocycles. The Morgan fingerprint density at radius 2 is 1.23 bits per heavy atom. The zero-order valence-corrected chi connectivity index (χ0v) is 50.2. The molecule has 1 atom stereocenters. The van der Waals surface area contributed by atoms with E-state index in [0.717, 1.165) is 121 Å². The van der Waals surface area contributed by atoms with Gasteiger partial charge in [-0.05, 0) is 89.0 Å². The summed E-state index contributed by atoms with van der Waals surface area (Å²) >= 11 is 5.30. The van der Waals surface area contributed by atoms with Crippen LogP contribution in [0.1, 0.15) is 102 Å². The molecule has 0 bridgehead atoms. The standard InChI is InChI=1S/C24H36N6O3.C24H34N6O2.I3.HI/c1-5-8-21(31)25-17(4)22-24(32)26-23(28-27-22)19-15-18(9-10-20(19)33-7-3)16-30-13-11-29(6-2)12-14-30;1-5-8-21-25-17(4)22-24(31)26-23(27-30(21)22)19-15-18(9-10-20(19)32-7-3)16-29-13-11-28(6-2)12-14-29;1-3-2;/h9-10,15,17H,5-8,11-14,16H2,1-4H3,(H,25,31)(H,26,28,32);9-10,15H,5-8,11-14,16H2,1-4H3,(H,26,27,31);;1H/q;;-1;. The zero-order valence-electron chi connectivity index (χ0n) is 41.4. The molecule has 2 aromatic carbocycles. The van der Waals surface area contributed by atoms with E-state index >= 15 is 0 Å². The number of aryl methyl sites for hydroxylation is 2. The maximum atomic E-state index is 12.9. The summed E-state index contributed by atoms with van der Waals surface area (Å²) in [6, 6.07) is 11.7. The van der Waals surface area contributed by atoms with Gasteiger partial charge in [0.2, 0.25) is 5.91 Å². The van der Waals surface area contributed by atoms with Gasteiger partial charge in [0, 0.05) is 78.3 Å². The number of rotatable bonds is 18. The third-order valence-electron chi connectivity index (χ3n) is 12.0. The van der Waals surface area contributed by atoms with Crippen LogP contribution in [0.4, 0.5) is 0 Å². The van der Waals surface area contributed by atoms with Gasteiger partial charge in [-0.25, -0.2) is 9.50 Å². The first-order chi connectivity index (χ1) is 32.9. The quantitative estimate of drug-likeness (QED) is 0.104. The van der Waals surface area contributed by atoms with Crippen LogP contribution in [0.2, 0.25) is 0 Å². The second kappa shape index (κ2) is 30.5. The number of likely N-dealkylation sites (N-methyl/N-ethyl adjacent to an activating group) is 2. The molecule has 1 amide bonds. The number of amides is 1. The van der Waals surface area contributed by atoms with Gasteiger partial charge in [0.1, 0.15) is 17.3 Å². The molecule has 3 N–H and O–H groups in total. The number of hydrogen-bond acceptors (Lipinski definition) is 13. The number of piperazine rings is 2. The van der Waals surface area contributed by atoms with Crippen LogP contribution in [0.3, 0.4) is 0 Å². The van der Waals surface area contributed by atoms with E-state index in [-0.39, 0.29) is 46.7 Å². The first-order valence-corrected chi connectivity index (χ1v) is 36.5. The molecule has 69 heavy (non-hydrogen) atoms. The van der Waals surface area contributed by atoms with Crippen molar-refractivity contribution in [1.82, 2.24) is 59.7 Å². The number of ether oxygens (including phenoxy) is 2. The number of fused-ring (bicyclic) bond motifs is 1. The van der Waals surface area contributed by atoms with Crippen molar-refractivity contribution in [3.8, 4) is 34.3 Å². The molecule has 3 aromatic heterocycles. The van der Waals surface area contributed by atoms with Gasteiger partial charge in [-0.15, -0.1) is 39.3 Å². The summed E-state index contributed by atoms with van der Waals surface area (Å²) in [5.74, 6) is 2.95. The first kappa shape index (κ1) is 59.0. The fourth-order valence-corrected chi connectivity index (χ4v) is 8.43. The summed E-state index contributed by atoms with van der Waals surface area (Å²) < 4.78 is 13.4. The Hall–Kier alpha value is -2.57. The topological polar surface area (TPSA) is 182 Å². The number of H-pyrrole nitrogens is 2. The summed E-state index contributed by atoms with van der Waals surface area (Å²) in [5, 5.41) is 16.0. The van der Waals surface area contributed by atoms with E-state index < -0.39 is 6.04 Å². The van der Waals surface area contributed by atoms with Crippen LogP contribution >= 0.6 is 61.2 Å². The number of nitrogens with one attached hydrogen (secondary N) is 3. The van der Waals surface area contributed by atoms with Crippen LogP contribution in [0, 0.1) is 6.92 Å².